The van der Waals surface area contributed by atoms with Crippen LogP contribution in [0.2, 0.25) is 0 Å². The summed E-state index contributed by atoms with van der Waals surface area (Å²) in [5.74, 6) is -0.251. The number of esters is 1. The van der Waals surface area contributed by atoms with Crippen LogP contribution < -0.4 is 0 Å². The molecule has 0 radical (unpaired) electrons. The lowest BCUT2D eigenvalue weighted by Crippen LogP contribution is -2.04. The molecule has 82 valence electrons. The van der Waals surface area contributed by atoms with E-state index < -0.39 is 6.10 Å². The fourth-order valence-electron chi connectivity index (χ4n) is 1.33. The standard InChI is InChI=1S/C12H16O3/c1-3-11(13)10-6-4-9(5-7-10)8-12(14)15-2/h4-7,11,13H,3,8H2,1-2H3. The van der Waals surface area contributed by atoms with Gasteiger partial charge in [0.05, 0.1) is 19.6 Å². The lowest BCUT2D eigenvalue weighted by Gasteiger charge is -2.08. The van der Waals surface area contributed by atoms with Gasteiger partial charge in [-0.1, -0.05) is 31.2 Å². The summed E-state index contributed by atoms with van der Waals surface area (Å²) < 4.78 is 4.56. The normalized spacial score (nSPS) is 12.2. The lowest BCUT2D eigenvalue weighted by molar-refractivity contribution is -0.139. The van der Waals surface area contributed by atoms with Gasteiger partial charge in [0.1, 0.15) is 0 Å². The summed E-state index contributed by atoms with van der Waals surface area (Å²) in [6.07, 6.45) is 0.548. The molecule has 15 heavy (non-hydrogen) atoms. The molecule has 1 atom stereocenters. The van der Waals surface area contributed by atoms with Gasteiger partial charge in [-0.2, -0.15) is 0 Å². The summed E-state index contributed by atoms with van der Waals surface area (Å²) in [5, 5.41) is 9.56. The van der Waals surface area contributed by atoms with E-state index in [0.717, 1.165) is 11.1 Å². The van der Waals surface area contributed by atoms with Crippen molar-refractivity contribution in [1.29, 1.82) is 0 Å². The van der Waals surface area contributed by atoms with Crippen LogP contribution in [0.4, 0.5) is 0 Å². The van der Waals surface area contributed by atoms with Gasteiger partial charge in [0.15, 0.2) is 0 Å². The van der Waals surface area contributed by atoms with Crippen molar-refractivity contribution >= 4 is 5.97 Å². The first kappa shape index (κ1) is 11.7. The summed E-state index contributed by atoms with van der Waals surface area (Å²) >= 11 is 0. The topological polar surface area (TPSA) is 46.5 Å². The van der Waals surface area contributed by atoms with Crippen LogP contribution in [0.15, 0.2) is 24.3 Å². The molecule has 0 aromatic heterocycles. The molecule has 1 aromatic rings. The molecule has 0 aliphatic carbocycles. The number of methoxy groups -OCH3 is 1. The molecule has 1 rings (SSSR count). The first-order valence-corrected chi connectivity index (χ1v) is 5.01. The largest absolute Gasteiger partial charge is 0.469 e. The molecule has 1 unspecified atom stereocenters. The number of benzene rings is 1. The highest BCUT2D eigenvalue weighted by Crippen LogP contribution is 2.16. The zero-order valence-corrected chi connectivity index (χ0v) is 9.06. The Kier molecular flexibility index (Phi) is 4.31. The first-order valence-electron chi connectivity index (χ1n) is 5.01. The van der Waals surface area contributed by atoms with E-state index >= 15 is 0 Å². The van der Waals surface area contributed by atoms with E-state index in [9.17, 15) is 9.90 Å². The van der Waals surface area contributed by atoms with Crippen LogP contribution in [0.5, 0.6) is 0 Å². The highest BCUT2D eigenvalue weighted by atomic mass is 16.5. The second kappa shape index (κ2) is 5.51. The monoisotopic (exact) mass is 208 g/mol. The average molecular weight is 208 g/mol. The molecule has 0 fully saturated rings. The van der Waals surface area contributed by atoms with Crippen LogP contribution in [0.3, 0.4) is 0 Å². The van der Waals surface area contributed by atoms with E-state index in [1.807, 2.05) is 31.2 Å². The molecule has 0 aliphatic heterocycles. The van der Waals surface area contributed by atoms with Crippen molar-refractivity contribution < 1.29 is 14.6 Å². The molecule has 1 aromatic carbocycles. The molecule has 3 heteroatoms. The molecule has 1 N–H and O–H groups in total. The molecule has 0 saturated heterocycles. The smallest absolute Gasteiger partial charge is 0.309 e. The minimum atomic E-state index is -0.419. The fourth-order valence-corrected chi connectivity index (χ4v) is 1.33. The Morgan fingerprint density at radius 3 is 2.47 bits per heavy atom. The van der Waals surface area contributed by atoms with E-state index in [-0.39, 0.29) is 12.4 Å². The van der Waals surface area contributed by atoms with Gasteiger partial charge in [0.2, 0.25) is 0 Å². The third kappa shape index (κ3) is 3.36. The Morgan fingerprint density at radius 1 is 1.40 bits per heavy atom. The summed E-state index contributed by atoms with van der Waals surface area (Å²) in [6, 6.07) is 7.36. The van der Waals surface area contributed by atoms with Gasteiger partial charge in [-0.15, -0.1) is 0 Å². The van der Waals surface area contributed by atoms with Gasteiger partial charge in [-0.3, -0.25) is 4.79 Å². The van der Waals surface area contributed by atoms with Gasteiger partial charge in [-0.05, 0) is 17.5 Å². The van der Waals surface area contributed by atoms with Gasteiger partial charge < -0.3 is 9.84 Å². The molecule has 0 heterocycles. The zero-order valence-electron chi connectivity index (χ0n) is 9.06. The van der Waals surface area contributed by atoms with Crippen molar-refractivity contribution in [2.45, 2.75) is 25.9 Å². The number of aliphatic hydroxyl groups is 1. The third-order valence-electron chi connectivity index (χ3n) is 2.33. The predicted octanol–water partition coefficient (Wildman–Crippen LogP) is 1.85. The van der Waals surface area contributed by atoms with E-state index in [0.29, 0.717) is 6.42 Å². The van der Waals surface area contributed by atoms with E-state index in [4.69, 9.17) is 0 Å². The number of rotatable bonds is 4. The quantitative estimate of drug-likeness (QED) is 0.768. The highest BCUT2D eigenvalue weighted by Gasteiger charge is 2.06. The van der Waals surface area contributed by atoms with Gasteiger partial charge in [0.25, 0.3) is 0 Å². The first-order chi connectivity index (χ1) is 7.17. The van der Waals surface area contributed by atoms with Crippen molar-refractivity contribution in [3.63, 3.8) is 0 Å². The minimum Gasteiger partial charge on any atom is -0.469 e. The van der Waals surface area contributed by atoms with Crippen molar-refractivity contribution in [2.24, 2.45) is 0 Å². The summed E-state index contributed by atoms with van der Waals surface area (Å²) in [7, 11) is 1.37. The molecule has 0 bridgehead atoms. The molecule has 0 aliphatic rings. The van der Waals surface area contributed by atoms with Crippen LogP contribution in [0, 0.1) is 0 Å². The fraction of sp³-hybridized carbons (Fsp3) is 0.417. The minimum absolute atomic E-state index is 0.251. The highest BCUT2D eigenvalue weighted by molar-refractivity contribution is 5.72. The molecule has 3 nitrogen and oxygen atoms in total. The third-order valence-corrected chi connectivity index (χ3v) is 2.33. The van der Waals surface area contributed by atoms with Crippen molar-refractivity contribution in [3.8, 4) is 0 Å². The van der Waals surface area contributed by atoms with E-state index in [2.05, 4.69) is 4.74 Å². The van der Waals surface area contributed by atoms with Gasteiger partial charge in [-0.25, -0.2) is 0 Å². The number of ether oxygens (including phenoxy) is 1. The van der Waals surface area contributed by atoms with E-state index in [1.165, 1.54) is 7.11 Å². The molecule has 0 saturated carbocycles. The average Bonchev–Trinajstić information content (AvgIpc) is 2.29. The summed E-state index contributed by atoms with van der Waals surface area (Å²) in [6.45, 7) is 1.92. The zero-order chi connectivity index (χ0) is 11.3. The maximum Gasteiger partial charge on any atom is 0.309 e. The van der Waals surface area contributed by atoms with Crippen LogP contribution in [-0.4, -0.2) is 18.2 Å². The molecule has 0 spiro atoms. The SMILES string of the molecule is CCC(O)c1ccc(CC(=O)OC)cc1. The number of carbonyl (C=O) groups excluding carboxylic acids is 1. The number of carbonyl (C=O) groups is 1. The van der Waals surface area contributed by atoms with Crippen LogP contribution in [0.25, 0.3) is 0 Å². The number of aliphatic hydroxyl groups excluding tert-OH is 1. The molecular weight excluding hydrogens is 192 g/mol. The van der Waals surface area contributed by atoms with E-state index in [1.54, 1.807) is 0 Å². The Labute approximate surface area is 89.7 Å². The van der Waals surface area contributed by atoms with Crippen molar-refractivity contribution in [3.05, 3.63) is 35.4 Å². The maximum atomic E-state index is 11.0. The van der Waals surface area contributed by atoms with Crippen molar-refractivity contribution in [2.75, 3.05) is 7.11 Å². The number of hydrogen-bond acceptors (Lipinski definition) is 3. The summed E-state index contributed by atoms with van der Waals surface area (Å²) in [5.41, 5.74) is 1.78. The van der Waals surface area contributed by atoms with Crippen LogP contribution >= 0.6 is 0 Å². The van der Waals surface area contributed by atoms with Crippen molar-refractivity contribution in [1.82, 2.24) is 0 Å². The summed E-state index contributed by atoms with van der Waals surface area (Å²) in [4.78, 5) is 11.0. The van der Waals surface area contributed by atoms with Gasteiger partial charge >= 0.3 is 5.97 Å². The van der Waals surface area contributed by atoms with Crippen LogP contribution in [0.1, 0.15) is 30.6 Å². The van der Waals surface area contributed by atoms with Crippen LogP contribution in [-0.2, 0) is 16.0 Å². The Morgan fingerprint density at radius 2 is 2.00 bits per heavy atom. The van der Waals surface area contributed by atoms with Gasteiger partial charge in [0, 0.05) is 0 Å². The maximum absolute atomic E-state index is 11.0. The Balaban J connectivity index is 2.68. The Hall–Kier alpha value is -1.35. The predicted molar refractivity (Wildman–Crippen MR) is 57.4 cm³/mol. The molecule has 0 amide bonds. The molecular formula is C12H16O3. The second-order valence-electron chi connectivity index (χ2n) is 3.42. The lowest BCUT2D eigenvalue weighted by atomic mass is 10.0. The Bertz CT molecular complexity index is 316. The number of hydrogen-bond donors (Lipinski definition) is 1. The second-order valence-corrected chi connectivity index (χ2v) is 3.42.